The van der Waals surface area contributed by atoms with Crippen molar-refractivity contribution in [3.8, 4) is 5.75 Å². The van der Waals surface area contributed by atoms with Crippen molar-refractivity contribution in [1.82, 2.24) is 10.2 Å². The van der Waals surface area contributed by atoms with Gasteiger partial charge in [0.15, 0.2) is 0 Å². The molecule has 2 atom stereocenters. The smallest absolute Gasteiger partial charge is 0.223 e. The first kappa shape index (κ1) is 19.8. The summed E-state index contributed by atoms with van der Waals surface area (Å²) >= 11 is 0. The summed E-state index contributed by atoms with van der Waals surface area (Å²) in [5.74, 6) is 1.23. The Morgan fingerprint density at radius 3 is 2.68 bits per heavy atom. The molecule has 0 aliphatic carbocycles. The molecule has 1 saturated heterocycles. The molecular weight excluding hydrogens is 312 g/mol. The molecule has 0 spiro atoms. The van der Waals surface area contributed by atoms with Crippen LogP contribution in [0.15, 0.2) is 24.3 Å². The number of rotatable bonds is 10. The molecule has 25 heavy (non-hydrogen) atoms. The van der Waals surface area contributed by atoms with Crippen molar-refractivity contribution in [3.63, 3.8) is 0 Å². The molecular formula is C21H34N2O2. The lowest BCUT2D eigenvalue weighted by molar-refractivity contribution is -0.125. The highest BCUT2D eigenvalue weighted by molar-refractivity contribution is 5.78. The minimum atomic E-state index is 0.143. The third-order valence-electron chi connectivity index (χ3n) is 5.30. The summed E-state index contributed by atoms with van der Waals surface area (Å²) < 4.78 is 5.39. The van der Waals surface area contributed by atoms with E-state index in [0.29, 0.717) is 6.54 Å². The Kier molecular flexibility index (Phi) is 8.26. The molecule has 0 aromatic heterocycles. The first-order valence-corrected chi connectivity index (χ1v) is 9.85. The van der Waals surface area contributed by atoms with Gasteiger partial charge in [-0.15, -0.1) is 0 Å². The number of amides is 1. The van der Waals surface area contributed by atoms with Gasteiger partial charge in [-0.05, 0) is 56.5 Å². The molecule has 1 N–H and O–H groups in total. The van der Waals surface area contributed by atoms with Gasteiger partial charge in [0.25, 0.3) is 0 Å². The number of benzene rings is 1. The van der Waals surface area contributed by atoms with E-state index in [1.165, 1.54) is 18.4 Å². The number of likely N-dealkylation sites (tertiary alicyclic amines) is 1. The largest absolute Gasteiger partial charge is 0.497 e. The van der Waals surface area contributed by atoms with Crippen molar-refractivity contribution in [3.05, 3.63) is 29.8 Å². The van der Waals surface area contributed by atoms with Crippen LogP contribution in [0.1, 0.15) is 64.0 Å². The maximum Gasteiger partial charge on any atom is 0.223 e. The Hall–Kier alpha value is -1.55. The highest BCUT2D eigenvalue weighted by Crippen LogP contribution is 2.27. The predicted molar refractivity (Wildman–Crippen MR) is 103 cm³/mol. The minimum absolute atomic E-state index is 0.143. The Labute approximate surface area is 152 Å². The fourth-order valence-corrected chi connectivity index (χ4v) is 3.67. The third-order valence-corrected chi connectivity index (χ3v) is 5.30. The molecule has 1 aliphatic heterocycles. The predicted octanol–water partition coefficient (Wildman–Crippen LogP) is 4.16. The molecule has 0 saturated carbocycles. The minimum Gasteiger partial charge on any atom is -0.497 e. The highest BCUT2D eigenvalue weighted by Gasteiger charge is 2.25. The van der Waals surface area contributed by atoms with Crippen molar-refractivity contribution in [2.24, 2.45) is 5.92 Å². The molecule has 1 amide bonds. The zero-order valence-corrected chi connectivity index (χ0v) is 16.1. The Bertz CT molecular complexity index is 526. The fraction of sp³-hybridized carbons (Fsp3) is 0.667. The molecule has 1 aromatic carbocycles. The average Bonchev–Trinajstić information content (AvgIpc) is 3.17. The number of nitrogens with one attached hydrogen (secondary N) is 1. The Morgan fingerprint density at radius 1 is 1.28 bits per heavy atom. The summed E-state index contributed by atoms with van der Waals surface area (Å²) in [5, 5.41) is 3.23. The van der Waals surface area contributed by atoms with E-state index in [2.05, 4.69) is 36.2 Å². The topological polar surface area (TPSA) is 41.6 Å². The van der Waals surface area contributed by atoms with Gasteiger partial charge in [-0.3, -0.25) is 9.69 Å². The van der Waals surface area contributed by atoms with E-state index in [-0.39, 0.29) is 17.9 Å². The van der Waals surface area contributed by atoms with Crippen molar-refractivity contribution in [2.75, 3.05) is 26.7 Å². The van der Waals surface area contributed by atoms with Gasteiger partial charge in [-0.25, -0.2) is 0 Å². The SMILES string of the molecule is CCCCC(CC)C(=O)NCC(c1cccc(OC)c1)N1CCCC1. The van der Waals surface area contributed by atoms with Gasteiger partial charge in [0, 0.05) is 12.5 Å². The van der Waals surface area contributed by atoms with Crippen LogP contribution in [0.3, 0.4) is 0 Å². The normalized spacial score (nSPS) is 17.2. The van der Waals surface area contributed by atoms with Gasteiger partial charge in [-0.2, -0.15) is 0 Å². The number of nitrogens with zero attached hydrogens (tertiary/aromatic N) is 1. The number of ether oxygens (including phenoxy) is 1. The first-order chi connectivity index (χ1) is 12.2. The number of carbonyl (C=O) groups is 1. The van der Waals surface area contributed by atoms with E-state index in [1.54, 1.807) is 7.11 Å². The second-order valence-electron chi connectivity index (χ2n) is 7.03. The summed E-state index contributed by atoms with van der Waals surface area (Å²) in [6, 6.07) is 8.48. The van der Waals surface area contributed by atoms with Crippen LogP contribution in [-0.2, 0) is 4.79 Å². The number of methoxy groups -OCH3 is 1. The molecule has 140 valence electrons. The van der Waals surface area contributed by atoms with Crippen molar-refractivity contribution in [2.45, 2.75) is 58.4 Å². The molecule has 4 heteroatoms. The summed E-state index contributed by atoms with van der Waals surface area (Å²) in [4.78, 5) is 15.1. The van der Waals surface area contributed by atoms with E-state index in [0.717, 1.165) is 44.5 Å². The van der Waals surface area contributed by atoms with E-state index < -0.39 is 0 Å². The van der Waals surface area contributed by atoms with Gasteiger partial charge in [0.1, 0.15) is 5.75 Å². The lowest BCUT2D eigenvalue weighted by Gasteiger charge is -2.29. The van der Waals surface area contributed by atoms with Crippen LogP contribution in [0.25, 0.3) is 0 Å². The standard InChI is InChI=1S/C21H34N2O2/c1-4-6-10-17(5-2)21(24)22-16-20(23-13-7-8-14-23)18-11-9-12-19(15-18)25-3/h9,11-12,15,17,20H,4-8,10,13-14,16H2,1-3H3,(H,22,24). The quantitative estimate of drug-likeness (QED) is 0.691. The van der Waals surface area contributed by atoms with Gasteiger partial charge in [0.05, 0.1) is 13.2 Å². The van der Waals surface area contributed by atoms with Crippen LogP contribution in [0.2, 0.25) is 0 Å². The molecule has 1 fully saturated rings. The van der Waals surface area contributed by atoms with Crippen LogP contribution < -0.4 is 10.1 Å². The molecule has 1 aromatic rings. The Balaban J connectivity index is 2.04. The summed E-state index contributed by atoms with van der Waals surface area (Å²) in [5.41, 5.74) is 1.23. The average molecular weight is 347 g/mol. The van der Waals surface area contributed by atoms with Crippen molar-refractivity contribution >= 4 is 5.91 Å². The molecule has 2 unspecified atom stereocenters. The van der Waals surface area contributed by atoms with Gasteiger partial charge >= 0.3 is 0 Å². The fourth-order valence-electron chi connectivity index (χ4n) is 3.67. The van der Waals surface area contributed by atoms with E-state index >= 15 is 0 Å². The van der Waals surface area contributed by atoms with Crippen LogP contribution in [0.5, 0.6) is 5.75 Å². The lowest BCUT2D eigenvalue weighted by atomic mass is 9.98. The Morgan fingerprint density at radius 2 is 2.04 bits per heavy atom. The summed E-state index contributed by atoms with van der Waals surface area (Å²) in [6.45, 7) is 7.17. The van der Waals surface area contributed by atoms with Gasteiger partial charge < -0.3 is 10.1 Å². The molecule has 1 heterocycles. The molecule has 0 radical (unpaired) electrons. The van der Waals surface area contributed by atoms with Crippen LogP contribution in [0, 0.1) is 5.92 Å². The van der Waals surface area contributed by atoms with Crippen molar-refractivity contribution in [1.29, 1.82) is 0 Å². The van der Waals surface area contributed by atoms with Crippen LogP contribution in [-0.4, -0.2) is 37.6 Å². The van der Waals surface area contributed by atoms with E-state index in [9.17, 15) is 4.79 Å². The second-order valence-corrected chi connectivity index (χ2v) is 7.03. The molecule has 0 bridgehead atoms. The zero-order valence-electron chi connectivity index (χ0n) is 16.1. The lowest BCUT2D eigenvalue weighted by Crippen LogP contribution is -2.39. The van der Waals surface area contributed by atoms with E-state index in [1.807, 2.05) is 12.1 Å². The number of hydrogen-bond donors (Lipinski definition) is 1. The summed E-state index contributed by atoms with van der Waals surface area (Å²) in [6.07, 6.45) is 6.65. The highest BCUT2D eigenvalue weighted by atomic mass is 16.5. The third kappa shape index (κ3) is 5.74. The van der Waals surface area contributed by atoms with Gasteiger partial charge in [0.2, 0.25) is 5.91 Å². The molecule has 4 nitrogen and oxygen atoms in total. The first-order valence-electron chi connectivity index (χ1n) is 9.85. The number of unbranched alkanes of at least 4 members (excludes halogenated alkanes) is 1. The number of carbonyl (C=O) groups excluding carboxylic acids is 1. The molecule has 1 aliphatic rings. The maximum absolute atomic E-state index is 12.6. The second kappa shape index (κ2) is 10.4. The molecule has 2 rings (SSSR count). The van der Waals surface area contributed by atoms with Crippen LogP contribution in [0.4, 0.5) is 0 Å². The van der Waals surface area contributed by atoms with E-state index in [4.69, 9.17) is 4.74 Å². The van der Waals surface area contributed by atoms with Crippen LogP contribution >= 0.6 is 0 Å². The summed E-state index contributed by atoms with van der Waals surface area (Å²) in [7, 11) is 1.70. The maximum atomic E-state index is 12.6. The zero-order chi connectivity index (χ0) is 18.1. The monoisotopic (exact) mass is 346 g/mol. The number of hydrogen-bond acceptors (Lipinski definition) is 3. The van der Waals surface area contributed by atoms with Gasteiger partial charge in [-0.1, -0.05) is 38.8 Å². The van der Waals surface area contributed by atoms with Crippen molar-refractivity contribution < 1.29 is 9.53 Å².